The monoisotopic (exact) mass is 245 g/mol. The molecule has 1 amide bonds. The van der Waals surface area contributed by atoms with E-state index in [2.05, 4.69) is 5.32 Å². The quantitative estimate of drug-likeness (QED) is 0.792. The van der Waals surface area contributed by atoms with E-state index in [9.17, 15) is 14.7 Å². The standard InChI is InChI=1S/C14H15NO3/c1-7-4-3-5-8-9-6-14(2,13(17)18)11(10(7)8)15-12(9)16/h3-5,9,11H,6H2,1-2H3,(H,15,16)(H,17,18). The van der Waals surface area contributed by atoms with Crippen molar-refractivity contribution in [2.45, 2.75) is 32.2 Å². The highest BCUT2D eigenvalue weighted by molar-refractivity contribution is 5.92. The summed E-state index contributed by atoms with van der Waals surface area (Å²) in [6.45, 7) is 3.69. The van der Waals surface area contributed by atoms with E-state index in [1.807, 2.05) is 25.1 Å². The van der Waals surface area contributed by atoms with Crippen molar-refractivity contribution in [3.8, 4) is 0 Å². The van der Waals surface area contributed by atoms with Crippen LogP contribution in [-0.4, -0.2) is 17.0 Å². The number of amides is 1. The van der Waals surface area contributed by atoms with Crippen molar-refractivity contribution < 1.29 is 14.7 Å². The molecule has 2 heterocycles. The Kier molecular flexibility index (Phi) is 2.09. The molecule has 4 rings (SSSR count). The molecular formula is C14H15NO3. The SMILES string of the molecule is Cc1cccc2c1C1NC(=O)C2CC1(C)C(=O)O. The highest BCUT2D eigenvalue weighted by Gasteiger charge is 2.55. The maximum Gasteiger partial charge on any atom is 0.311 e. The first-order valence-electron chi connectivity index (χ1n) is 6.08. The first-order chi connectivity index (χ1) is 8.45. The van der Waals surface area contributed by atoms with Crippen LogP contribution in [0.5, 0.6) is 0 Å². The summed E-state index contributed by atoms with van der Waals surface area (Å²) >= 11 is 0. The predicted octanol–water partition coefficient (Wildman–Crippen LogP) is 1.74. The fourth-order valence-electron chi connectivity index (χ4n) is 3.29. The van der Waals surface area contributed by atoms with Crippen LogP contribution in [0, 0.1) is 12.3 Å². The lowest BCUT2D eigenvalue weighted by Crippen LogP contribution is -2.56. The molecule has 1 aliphatic carbocycles. The minimum atomic E-state index is -0.905. The molecule has 0 saturated carbocycles. The second-order valence-corrected chi connectivity index (χ2v) is 5.50. The number of rotatable bonds is 1. The van der Waals surface area contributed by atoms with Crippen LogP contribution in [0.15, 0.2) is 18.2 Å². The summed E-state index contributed by atoms with van der Waals surface area (Å²) in [7, 11) is 0. The van der Waals surface area contributed by atoms with Crippen molar-refractivity contribution in [2.75, 3.05) is 0 Å². The van der Waals surface area contributed by atoms with E-state index < -0.39 is 17.4 Å². The van der Waals surface area contributed by atoms with Crippen LogP contribution in [-0.2, 0) is 9.59 Å². The first-order valence-corrected chi connectivity index (χ1v) is 6.08. The van der Waals surface area contributed by atoms with Crippen LogP contribution in [0.3, 0.4) is 0 Å². The number of hydrogen-bond donors (Lipinski definition) is 2. The van der Waals surface area contributed by atoms with Gasteiger partial charge in [0.25, 0.3) is 0 Å². The van der Waals surface area contributed by atoms with Crippen molar-refractivity contribution in [1.82, 2.24) is 5.32 Å². The Morgan fingerprint density at radius 3 is 2.89 bits per heavy atom. The summed E-state index contributed by atoms with van der Waals surface area (Å²) in [5, 5.41) is 12.3. The molecule has 0 aromatic heterocycles. The smallest absolute Gasteiger partial charge is 0.311 e. The van der Waals surface area contributed by atoms with Gasteiger partial charge in [-0.2, -0.15) is 0 Å². The van der Waals surface area contributed by atoms with Crippen molar-refractivity contribution >= 4 is 11.9 Å². The van der Waals surface area contributed by atoms with Crippen LogP contribution in [0.25, 0.3) is 0 Å². The Hall–Kier alpha value is -1.84. The van der Waals surface area contributed by atoms with Crippen molar-refractivity contribution in [2.24, 2.45) is 5.41 Å². The number of nitrogens with one attached hydrogen (secondary N) is 1. The molecule has 0 radical (unpaired) electrons. The lowest BCUT2D eigenvalue weighted by atomic mass is 9.61. The van der Waals surface area contributed by atoms with Crippen LogP contribution in [0.4, 0.5) is 0 Å². The van der Waals surface area contributed by atoms with E-state index in [0.29, 0.717) is 6.42 Å². The average molecular weight is 245 g/mol. The van der Waals surface area contributed by atoms with E-state index >= 15 is 0 Å². The Balaban J connectivity index is 2.25. The van der Waals surface area contributed by atoms with Crippen LogP contribution in [0.1, 0.15) is 42.0 Å². The number of fused-ring (bicyclic) bond motifs is 2. The molecule has 94 valence electrons. The van der Waals surface area contributed by atoms with Gasteiger partial charge in [0.2, 0.25) is 5.91 Å². The van der Waals surface area contributed by atoms with E-state index in [-0.39, 0.29) is 11.8 Å². The maximum atomic E-state index is 11.9. The van der Waals surface area contributed by atoms with Crippen LogP contribution >= 0.6 is 0 Å². The number of aryl methyl sites for hydroxylation is 1. The van der Waals surface area contributed by atoms with Gasteiger partial charge in [-0.3, -0.25) is 9.59 Å². The van der Waals surface area contributed by atoms with Gasteiger partial charge < -0.3 is 10.4 Å². The number of carbonyl (C=O) groups is 2. The number of carboxylic acid groups (broad SMARTS) is 1. The van der Waals surface area contributed by atoms with E-state index in [1.54, 1.807) is 6.92 Å². The molecule has 4 nitrogen and oxygen atoms in total. The predicted molar refractivity (Wildman–Crippen MR) is 65.2 cm³/mol. The van der Waals surface area contributed by atoms with Gasteiger partial charge in [0, 0.05) is 0 Å². The molecule has 1 fully saturated rings. The second kappa shape index (κ2) is 3.34. The van der Waals surface area contributed by atoms with Crippen molar-refractivity contribution in [3.63, 3.8) is 0 Å². The Bertz CT molecular complexity index is 566. The number of hydrogen-bond acceptors (Lipinski definition) is 2. The number of carboxylic acids is 1. The van der Waals surface area contributed by atoms with Gasteiger partial charge in [-0.15, -0.1) is 0 Å². The third-order valence-electron chi connectivity index (χ3n) is 4.38. The molecular weight excluding hydrogens is 230 g/mol. The molecule has 2 aliphatic heterocycles. The van der Waals surface area contributed by atoms with Gasteiger partial charge in [0.1, 0.15) is 0 Å². The second-order valence-electron chi connectivity index (χ2n) is 5.50. The zero-order chi connectivity index (χ0) is 13.1. The summed E-state index contributed by atoms with van der Waals surface area (Å²) in [6, 6.07) is 5.43. The lowest BCUT2D eigenvalue weighted by molar-refractivity contribution is -0.155. The zero-order valence-corrected chi connectivity index (χ0v) is 10.4. The fraction of sp³-hybridized carbons (Fsp3) is 0.429. The molecule has 3 aliphatic rings. The van der Waals surface area contributed by atoms with Gasteiger partial charge in [-0.05, 0) is 37.0 Å². The normalized spacial score (nSPS) is 32.9. The molecule has 1 aromatic rings. The van der Waals surface area contributed by atoms with E-state index in [4.69, 9.17) is 0 Å². The topological polar surface area (TPSA) is 66.4 Å². The van der Waals surface area contributed by atoms with Gasteiger partial charge in [0.15, 0.2) is 0 Å². The highest BCUT2D eigenvalue weighted by Crippen LogP contribution is 2.53. The minimum absolute atomic E-state index is 0.0446. The molecule has 3 atom stereocenters. The summed E-state index contributed by atoms with van der Waals surface area (Å²) in [5.41, 5.74) is 2.15. The van der Waals surface area contributed by atoms with Gasteiger partial charge in [-0.25, -0.2) is 0 Å². The number of piperidine rings is 1. The largest absolute Gasteiger partial charge is 0.481 e. The highest BCUT2D eigenvalue weighted by atomic mass is 16.4. The Morgan fingerprint density at radius 2 is 2.22 bits per heavy atom. The summed E-state index contributed by atoms with van der Waals surface area (Å²) in [5.74, 6) is -1.21. The fourth-order valence-corrected chi connectivity index (χ4v) is 3.29. The molecule has 18 heavy (non-hydrogen) atoms. The Labute approximate surface area is 105 Å². The zero-order valence-electron chi connectivity index (χ0n) is 10.4. The average Bonchev–Trinajstić information content (AvgIpc) is 2.31. The third-order valence-corrected chi connectivity index (χ3v) is 4.38. The van der Waals surface area contributed by atoms with Crippen molar-refractivity contribution in [3.05, 3.63) is 34.9 Å². The van der Waals surface area contributed by atoms with Gasteiger partial charge in [0.05, 0.1) is 17.4 Å². The van der Waals surface area contributed by atoms with Gasteiger partial charge >= 0.3 is 5.97 Å². The molecule has 4 heteroatoms. The minimum Gasteiger partial charge on any atom is -0.481 e. The molecule has 1 aromatic carbocycles. The van der Waals surface area contributed by atoms with E-state index in [0.717, 1.165) is 16.7 Å². The molecule has 2 N–H and O–H groups in total. The summed E-state index contributed by atoms with van der Waals surface area (Å²) in [6.07, 6.45) is 0.384. The van der Waals surface area contributed by atoms with E-state index in [1.165, 1.54) is 0 Å². The first kappa shape index (κ1) is 11.3. The van der Waals surface area contributed by atoms with Gasteiger partial charge in [-0.1, -0.05) is 18.2 Å². The molecule has 2 bridgehead atoms. The molecule has 0 spiro atoms. The summed E-state index contributed by atoms with van der Waals surface area (Å²) in [4.78, 5) is 23.5. The van der Waals surface area contributed by atoms with Crippen molar-refractivity contribution in [1.29, 1.82) is 0 Å². The Morgan fingerprint density at radius 1 is 1.50 bits per heavy atom. The molecule has 1 saturated heterocycles. The maximum absolute atomic E-state index is 11.9. The number of benzene rings is 1. The van der Waals surface area contributed by atoms with Crippen LogP contribution < -0.4 is 5.32 Å². The van der Waals surface area contributed by atoms with Crippen LogP contribution in [0.2, 0.25) is 0 Å². The lowest BCUT2D eigenvalue weighted by Gasteiger charge is -2.48. The molecule has 3 unspecified atom stereocenters. The summed E-state index contributed by atoms with van der Waals surface area (Å²) < 4.78 is 0. The third kappa shape index (κ3) is 1.20. The number of aliphatic carboxylic acids is 1. The number of carbonyl (C=O) groups excluding carboxylic acids is 1.